The number of nitro groups is 1. The van der Waals surface area contributed by atoms with Gasteiger partial charge in [-0.15, -0.1) is 0 Å². The number of rotatable bonds is 3. The van der Waals surface area contributed by atoms with Crippen LogP contribution >= 0.6 is 11.6 Å². The molecule has 0 atom stereocenters. The van der Waals surface area contributed by atoms with E-state index in [1.54, 1.807) is 0 Å². The van der Waals surface area contributed by atoms with E-state index in [9.17, 15) is 14.9 Å². The van der Waals surface area contributed by atoms with Crippen LogP contribution in [0.5, 0.6) is 0 Å². The summed E-state index contributed by atoms with van der Waals surface area (Å²) in [7, 11) is 0. The van der Waals surface area contributed by atoms with Crippen molar-refractivity contribution in [2.75, 3.05) is 5.32 Å². The van der Waals surface area contributed by atoms with Crippen LogP contribution in [0.4, 0.5) is 11.5 Å². The quantitative estimate of drug-likeness (QED) is 0.520. The highest BCUT2D eigenvalue weighted by molar-refractivity contribution is 6.29. The van der Waals surface area contributed by atoms with Crippen LogP contribution in [-0.2, 0) is 0 Å². The first-order chi connectivity index (χ1) is 9.08. The molecule has 0 saturated carbocycles. The van der Waals surface area contributed by atoms with Gasteiger partial charge in [0.1, 0.15) is 10.8 Å². The third-order valence-corrected chi connectivity index (χ3v) is 2.27. The summed E-state index contributed by atoms with van der Waals surface area (Å²) < 4.78 is 0. The van der Waals surface area contributed by atoms with E-state index in [-0.39, 0.29) is 22.4 Å². The molecule has 0 radical (unpaired) electrons. The lowest BCUT2D eigenvalue weighted by molar-refractivity contribution is -0.384. The van der Waals surface area contributed by atoms with Crippen LogP contribution in [0.3, 0.4) is 0 Å². The van der Waals surface area contributed by atoms with Crippen LogP contribution in [0.1, 0.15) is 10.5 Å². The first-order valence-corrected chi connectivity index (χ1v) is 5.34. The third-order valence-electron chi connectivity index (χ3n) is 2.06. The molecule has 0 bridgehead atoms. The topological polar surface area (TPSA) is 111 Å². The van der Waals surface area contributed by atoms with Gasteiger partial charge in [0.15, 0.2) is 0 Å². The second-order valence-corrected chi connectivity index (χ2v) is 3.69. The first kappa shape index (κ1) is 12.8. The Labute approximate surface area is 111 Å². The average Bonchev–Trinajstić information content (AvgIpc) is 2.39. The zero-order valence-electron chi connectivity index (χ0n) is 9.28. The van der Waals surface area contributed by atoms with Crippen molar-refractivity contribution in [3.63, 3.8) is 0 Å². The number of hydrogen-bond donors (Lipinski definition) is 1. The number of carbonyl (C=O) groups is 1. The minimum absolute atomic E-state index is 0.0126. The lowest BCUT2D eigenvalue weighted by Crippen LogP contribution is -2.16. The van der Waals surface area contributed by atoms with E-state index in [0.717, 1.165) is 6.07 Å². The summed E-state index contributed by atoms with van der Waals surface area (Å²) in [6, 6.07) is 2.42. The lowest BCUT2D eigenvalue weighted by atomic mass is 10.3. The largest absolute Gasteiger partial charge is 0.311 e. The fourth-order valence-electron chi connectivity index (χ4n) is 1.26. The monoisotopic (exact) mass is 279 g/mol. The molecule has 2 aromatic rings. The summed E-state index contributed by atoms with van der Waals surface area (Å²) in [4.78, 5) is 33.1. The molecule has 0 unspecified atom stereocenters. The Hall–Kier alpha value is -2.61. The molecule has 8 nitrogen and oxygen atoms in total. The number of aromatic nitrogens is 3. The summed E-state index contributed by atoms with van der Waals surface area (Å²) in [6.45, 7) is 0. The minimum Gasteiger partial charge on any atom is -0.299 e. The smallest absolute Gasteiger partial charge is 0.299 e. The van der Waals surface area contributed by atoms with Crippen molar-refractivity contribution in [3.05, 3.63) is 51.7 Å². The van der Waals surface area contributed by atoms with E-state index in [1.807, 2.05) is 0 Å². The maximum Gasteiger partial charge on any atom is 0.311 e. The molecule has 0 aromatic carbocycles. The van der Waals surface area contributed by atoms with Crippen LogP contribution in [0.25, 0.3) is 0 Å². The molecule has 2 rings (SSSR count). The van der Waals surface area contributed by atoms with Crippen LogP contribution < -0.4 is 5.32 Å². The predicted molar refractivity (Wildman–Crippen MR) is 65.9 cm³/mol. The number of amides is 1. The Balaban J connectivity index is 2.31. The maximum atomic E-state index is 11.8. The molecule has 9 heteroatoms. The average molecular weight is 280 g/mol. The molecular formula is C10H6ClN5O3. The Morgan fingerprint density at radius 1 is 1.37 bits per heavy atom. The van der Waals surface area contributed by atoms with E-state index in [4.69, 9.17) is 11.6 Å². The highest BCUT2D eigenvalue weighted by atomic mass is 35.5. The molecule has 0 aliphatic heterocycles. The minimum atomic E-state index is -0.671. The molecule has 0 fully saturated rings. The van der Waals surface area contributed by atoms with E-state index < -0.39 is 10.8 Å². The van der Waals surface area contributed by atoms with Crippen molar-refractivity contribution >= 4 is 29.0 Å². The molecule has 0 aliphatic rings. The summed E-state index contributed by atoms with van der Waals surface area (Å²) in [6.07, 6.45) is 3.96. The number of hydrogen-bond acceptors (Lipinski definition) is 6. The van der Waals surface area contributed by atoms with Gasteiger partial charge in [-0.1, -0.05) is 11.6 Å². The normalized spacial score (nSPS) is 9.95. The predicted octanol–water partition coefficient (Wildman–Crippen LogP) is 1.69. The van der Waals surface area contributed by atoms with E-state index >= 15 is 0 Å². The fraction of sp³-hybridized carbons (Fsp3) is 0. The first-order valence-electron chi connectivity index (χ1n) is 4.96. The standard InChI is InChI=1S/C10H6ClN5O3/c11-8-2-1-7(16(18)19)9(14-8)15-10(17)6-5-12-3-4-13-6/h1-5H,(H,14,15,17). The van der Waals surface area contributed by atoms with Gasteiger partial charge in [-0.05, 0) is 6.07 Å². The summed E-state index contributed by atoms with van der Waals surface area (Å²) in [5.74, 6) is -0.904. The zero-order chi connectivity index (χ0) is 13.8. The number of pyridine rings is 1. The van der Waals surface area contributed by atoms with Crippen molar-refractivity contribution in [3.8, 4) is 0 Å². The molecule has 0 spiro atoms. The van der Waals surface area contributed by atoms with Crippen LogP contribution in [0.15, 0.2) is 30.7 Å². The molecule has 1 N–H and O–H groups in total. The van der Waals surface area contributed by atoms with Gasteiger partial charge in [0.25, 0.3) is 5.91 Å². The number of anilines is 1. The molecule has 0 aliphatic carbocycles. The Bertz CT molecular complexity index is 634. The SMILES string of the molecule is O=C(Nc1nc(Cl)ccc1[N+](=O)[O-])c1cnccn1. The Morgan fingerprint density at radius 2 is 2.16 bits per heavy atom. The van der Waals surface area contributed by atoms with Gasteiger partial charge < -0.3 is 0 Å². The molecule has 2 aromatic heterocycles. The molecule has 1 amide bonds. The van der Waals surface area contributed by atoms with Crippen LogP contribution in [-0.4, -0.2) is 25.8 Å². The van der Waals surface area contributed by atoms with E-state index in [1.165, 1.54) is 24.7 Å². The summed E-state index contributed by atoms with van der Waals surface area (Å²) >= 11 is 5.64. The Kier molecular flexibility index (Phi) is 3.62. The van der Waals surface area contributed by atoms with E-state index in [0.29, 0.717) is 0 Å². The van der Waals surface area contributed by atoms with Crippen molar-refractivity contribution in [1.29, 1.82) is 0 Å². The van der Waals surface area contributed by atoms with Crippen molar-refractivity contribution in [2.45, 2.75) is 0 Å². The van der Waals surface area contributed by atoms with Crippen molar-refractivity contribution in [1.82, 2.24) is 15.0 Å². The second-order valence-electron chi connectivity index (χ2n) is 3.30. The lowest BCUT2D eigenvalue weighted by Gasteiger charge is -2.04. The maximum absolute atomic E-state index is 11.8. The number of nitrogens with one attached hydrogen (secondary N) is 1. The molecule has 0 saturated heterocycles. The summed E-state index contributed by atoms with van der Waals surface area (Å²) in [5, 5.41) is 13.1. The molecule has 96 valence electrons. The van der Waals surface area contributed by atoms with Crippen LogP contribution in [0.2, 0.25) is 5.15 Å². The van der Waals surface area contributed by atoms with Crippen LogP contribution in [0, 0.1) is 10.1 Å². The number of halogens is 1. The molecule has 19 heavy (non-hydrogen) atoms. The molecular weight excluding hydrogens is 274 g/mol. The fourth-order valence-corrected chi connectivity index (χ4v) is 1.40. The van der Waals surface area contributed by atoms with Gasteiger partial charge in [0.05, 0.1) is 11.1 Å². The number of carbonyl (C=O) groups excluding carboxylic acids is 1. The highest BCUT2D eigenvalue weighted by Gasteiger charge is 2.19. The highest BCUT2D eigenvalue weighted by Crippen LogP contribution is 2.24. The second kappa shape index (κ2) is 5.36. The van der Waals surface area contributed by atoms with Crippen molar-refractivity contribution in [2.24, 2.45) is 0 Å². The molecule has 2 heterocycles. The van der Waals surface area contributed by atoms with Crippen molar-refractivity contribution < 1.29 is 9.72 Å². The van der Waals surface area contributed by atoms with Gasteiger partial charge in [0.2, 0.25) is 5.82 Å². The van der Waals surface area contributed by atoms with Gasteiger partial charge in [-0.3, -0.25) is 25.2 Å². The summed E-state index contributed by atoms with van der Waals surface area (Å²) in [5.41, 5.74) is -0.347. The van der Waals surface area contributed by atoms with E-state index in [2.05, 4.69) is 20.3 Å². The zero-order valence-corrected chi connectivity index (χ0v) is 10.0. The van der Waals surface area contributed by atoms with Gasteiger partial charge in [0, 0.05) is 18.5 Å². The van der Waals surface area contributed by atoms with Gasteiger partial charge >= 0.3 is 5.69 Å². The van der Waals surface area contributed by atoms with Gasteiger partial charge in [-0.2, -0.15) is 0 Å². The number of nitrogens with zero attached hydrogens (tertiary/aromatic N) is 4. The van der Waals surface area contributed by atoms with Gasteiger partial charge in [-0.25, -0.2) is 9.97 Å². The third kappa shape index (κ3) is 2.99. The Morgan fingerprint density at radius 3 is 2.79 bits per heavy atom.